The lowest BCUT2D eigenvalue weighted by molar-refractivity contribution is -0.218. The molecule has 5 rings (SSSR count). The van der Waals surface area contributed by atoms with Gasteiger partial charge in [0, 0.05) is 17.7 Å². The van der Waals surface area contributed by atoms with Crippen molar-refractivity contribution in [2.75, 3.05) is 14.2 Å². The highest BCUT2D eigenvalue weighted by Crippen LogP contribution is 2.39. The third-order valence-corrected chi connectivity index (χ3v) is 5.89. The Bertz CT molecular complexity index is 1690. The monoisotopic (exact) mass is 574 g/mol. The molecule has 0 aliphatic carbocycles. The highest BCUT2D eigenvalue weighted by molar-refractivity contribution is 5.88. The average molecular weight is 575 g/mol. The van der Waals surface area contributed by atoms with Crippen LogP contribution in [0.2, 0.25) is 0 Å². The van der Waals surface area contributed by atoms with E-state index in [0.29, 0.717) is 5.56 Å². The molecule has 0 atom stereocenters. The number of hydrogen-bond donors (Lipinski definition) is 1. The van der Waals surface area contributed by atoms with Crippen LogP contribution in [0.5, 0.6) is 28.7 Å². The first-order chi connectivity index (χ1) is 20.6. The molecule has 1 heterocycles. The predicted octanol–water partition coefficient (Wildman–Crippen LogP) is 6.07. The van der Waals surface area contributed by atoms with Gasteiger partial charge < -0.3 is 29.1 Å². The molecule has 0 radical (unpaired) electrons. The minimum absolute atomic E-state index is 0.00449. The van der Waals surface area contributed by atoms with Crippen LogP contribution in [0.15, 0.2) is 100 Å². The summed E-state index contributed by atoms with van der Waals surface area (Å²) >= 11 is 0. The Kier molecular flexibility index (Phi) is 9.17. The van der Waals surface area contributed by atoms with Gasteiger partial charge in [0.15, 0.2) is 11.5 Å². The van der Waals surface area contributed by atoms with Gasteiger partial charge in [0.05, 0.1) is 14.2 Å². The van der Waals surface area contributed by atoms with Crippen LogP contribution < -0.4 is 25.0 Å². The second-order valence-corrected chi connectivity index (χ2v) is 8.73. The van der Waals surface area contributed by atoms with Crippen molar-refractivity contribution in [3.8, 4) is 40.1 Å². The summed E-state index contributed by atoms with van der Waals surface area (Å²) in [6, 6.07) is 25.8. The fraction of sp³-hybridized carbons (Fsp3) is 0.129. The molecule has 11 nitrogen and oxygen atoms in total. The molecule has 11 heteroatoms. The molecular formula is C31H26O11. The van der Waals surface area contributed by atoms with E-state index in [1.807, 2.05) is 60.7 Å². The lowest BCUT2D eigenvalue weighted by Gasteiger charge is -2.14. The van der Waals surface area contributed by atoms with Crippen molar-refractivity contribution >= 4 is 11.0 Å². The highest BCUT2D eigenvalue weighted by Gasteiger charge is 2.24. The van der Waals surface area contributed by atoms with Crippen molar-refractivity contribution in [3.05, 3.63) is 112 Å². The molecule has 4 aromatic carbocycles. The molecule has 5 aromatic rings. The summed E-state index contributed by atoms with van der Waals surface area (Å²) in [5.41, 5.74) is 1.31. The van der Waals surface area contributed by atoms with Crippen molar-refractivity contribution in [2.24, 2.45) is 0 Å². The van der Waals surface area contributed by atoms with Gasteiger partial charge in [-0.05, 0) is 29.3 Å². The summed E-state index contributed by atoms with van der Waals surface area (Å²) in [4.78, 5) is 55.1. The molecule has 0 aliphatic rings. The molecule has 0 saturated heterocycles. The number of phenols is 1. The maximum Gasteiger partial charge on any atom is 0.256 e. The topological polar surface area (TPSA) is 124 Å². The van der Waals surface area contributed by atoms with Crippen molar-refractivity contribution in [3.63, 3.8) is 0 Å². The van der Waals surface area contributed by atoms with Gasteiger partial charge in [0.2, 0.25) is 16.9 Å². The number of phenolic OH excluding ortho intramolecular Hbond substituents is 1. The van der Waals surface area contributed by atoms with Gasteiger partial charge in [-0.3, -0.25) is 4.79 Å². The molecule has 216 valence electrons. The molecule has 0 fully saturated rings. The van der Waals surface area contributed by atoms with Crippen LogP contribution in [0.1, 0.15) is 11.1 Å². The Hall–Kier alpha value is -5.07. The van der Waals surface area contributed by atoms with Gasteiger partial charge in [-0.2, -0.15) is 19.6 Å². The van der Waals surface area contributed by atoms with Crippen molar-refractivity contribution in [1.82, 2.24) is 0 Å². The molecule has 0 spiro atoms. The molecule has 0 unspecified atom stereocenters. The van der Waals surface area contributed by atoms with Crippen LogP contribution in [-0.4, -0.2) is 19.3 Å². The van der Waals surface area contributed by atoms with Gasteiger partial charge in [-0.1, -0.05) is 60.7 Å². The molecule has 0 saturated carbocycles. The van der Waals surface area contributed by atoms with Crippen LogP contribution in [0.4, 0.5) is 0 Å². The molecule has 0 aliphatic heterocycles. The average Bonchev–Trinajstić information content (AvgIpc) is 3.00. The molecule has 1 N–H and O–H groups in total. The van der Waals surface area contributed by atoms with Gasteiger partial charge in [0.25, 0.3) is 5.75 Å². The van der Waals surface area contributed by atoms with Crippen LogP contribution in [0, 0.1) is 0 Å². The summed E-state index contributed by atoms with van der Waals surface area (Å²) in [7, 11) is 2.65. The van der Waals surface area contributed by atoms with Crippen LogP contribution in [0.25, 0.3) is 22.3 Å². The summed E-state index contributed by atoms with van der Waals surface area (Å²) in [5, 5.41) is 10.6. The number of benzene rings is 4. The third kappa shape index (κ3) is 6.62. The minimum atomic E-state index is -0.694. The fourth-order valence-electron chi connectivity index (χ4n) is 4.00. The van der Waals surface area contributed by atoms with E-state index in [0.717, 1.165) is 11.1 Å². The maximum atomic E-state index is 13.7. The Morgan fingerprint density at radius 1 is 0.690 bits per heavy atom. The second-order valence-electron chi connectivity index (χ2n) is 8.73. The van der Waals surface area contributed by atoms with E-state index < -0.39 is 11.2 Å². The van der Waals surface area contributed by atoms with Gasteiger partial charge >= 0.3 is 0 Å². The van der Waals surface area contributed by atoms with E-state index in [9.17, 15) is 9.90 Å². The zero-order valence-corrected chi connectivity index (χ0v) is 22.6. The van der Waals surface area contributed by atoms with E-state index in [-0.39, 0.29) is 52.9 Å². The van der Waals surface area contributed by atoms with Crippen molar-refractivity contribution in [2.45, 2.75) is 13.2 Å². The first kappa shape index (κ1) is 28.5. The highest BCUT2D eigenvalue weighted by atomic mass is 17.2. The van der Waals surface area contributed by atoms with Gasteiger partial charge in [-0.25, -0.2) is 0 Å². The first-order valence-electron chi connectivity index (χ1n) is 12.6. The SMILES string of the molecule is COOc1ccc(-c2oc3cc(OOCc4ccccc4)cc(O)c3c(=O)c2OOCc2ccccc2)cc1OOC. The maximum absolute atomic E-state index is 13.7. The Morgan fingerprint density at radius 2 is 1.31 bits per heavy atom. The molecule has 1 aromatic heterocycles. The molecule has 42 heavy (non-hydrogen) atoms. The smallest absolute Gasteiger partial charge is 0.256 e. The summed E-state index contributed by atoms with van der Waals surface area (Å²) < 4.78 is 6.11. The summed E-state index contributed by atoms with van der Waals surface area (Å²) in [6.45, 7) is 0.187. The van der Waals surface area contributed by atoms with E-state index in [4.69, 9.17) is 43.5 Å². The predicted molar refractivity (Wildman–Crippen MR) is 149 cm³/mol. The zero-order chi connectivity index (χ0) is 29.3. The van der Waals surface area contributed by atoms with Crippen LogP contribution in [-0.2, 0) is 32.8 Å². The Labute approximate surface area is 239 Å². The minimum Gasteiger partial charge on any atom is -0.507 e. The number of hydrogen-bond acceptors (Lipinski definition) is 11. The van der Waals surface area contributed by atoms with Gasteiger partial charge in [-0.15, -0.1) is 0 Å². The quantitative estimate of drug-likeness (QED) is 0.130. The van der Waals surface area contributed by atoms with E-state index in [1.165, 1.54) is 38.5 Å². The fourth-order valence-corrected chi connectivity index (χ4v) is 4.00. The number of rotatable bonds is 13. The number of fused-ring (bicyclic) bond motifs is 1. The van der Waals surface area contributed by atoms with Crippen LogP contribution in [0.3, 0.4) is 0 Å². The standard InChI is InChI=1S/C31H26O11/c1-34-40-25-14-13-22(15-26(25)41-35-2)30-31(42-37-19-21-11-7-4-8-12-21)29(33)28-24(32)16-23(17-27(28)38-30)39-36-18-20-9-5-3-6-10-20/h3-17,32H,18-19H2,1-2H3. The third-order valence-electron chi connectivity index (χ3n) is 5.89. The molecule has 0 bridgehead atoms. The van der Waals surface area contributed by atoms with Crippen molar-refractivity contribution in [1.29, 1.82) is 0 Å². The van der Waals surface area contributed by atoms with E-state index in [1.54, 1.807) is 6.07 Å². The molecule has 0 amide bonds. The summed E-state index contributed by atoms with van der Waals surface area (Å²) in [6.07, 6.45) is 0. The summed E-state index contributed by atoms with van der Waals surface area (Å²) in [5.74, 6) is -0.348. The lowest BCUT2D eigenvalue weighted by Crippen LogP contribution is -2.11. The first-order valence-corrected chi connectivity index (χ1v) is 12.6. The second kappa shape index (κ2) is 13.5. The van der Waals surface area contributed by atoms with E-state index >= 15 is 0 Å². The normalized spacial score (nSPS) is 10.9. The van der Waals surface area contributed by atoms with Crippen LogP contribution >= 0.6 is 0 Å². The van der Waals surface area contributed by atoms with Gasteiger partial charge in [0.1, 0.15) is 29.9 Å². The Morgan fingerprint density at radius 3 is 1.95 bits per heavy atom. The van der Waals surface area contributed by atoms with E-state index in [2.05, 4.69) is 0 Å². The Balaban J connectivity index is 1.53. The number of aromatic hydroxyl groups is 1. The molecular weight excluding hydrogens is 548 g/mol. The zero-order valence-electron chi connectivity index (χ0n) is 22.6. The lowest BCUT2D eigenvalue weighted by atomic mass is 10.1. The largest absolute Gasteiger partial charge is 0.507 e. The van der Waals surface area contributed by atoms with Crippen molar-refractivity contribution < 1.29 is 48.6 Å².